The Morgan fingerprint density at radius 1 is 1.33 bits per heavy atom. The zero-order chi connectivity index (χ0) is 15.7. The van der Waals surface area contributed by atoms with Gasteiger partial charge in [-0.25, -0.2) is 4.79 Å². The summed E-state index contributed by atoms with van der Waals surface area (Å²) in [6.45, 7) is 6.92. The molecule has 0 aliphatic carbocycles. The molecule has 0 fully saturated rings. The molecular weight excluding hydrogens is 270 g/mol. The van der Waals surface area contributed by atoms with E-state index in [0.29, 0.717) is 17.4 Å². The van der Waals surface area contributed by atoms with Crippen LogP contribution >= 0.6 is 0 Å². The highest BCUT2D eigenvalue weighted by atomic mass is 16.6. The third kappa shape index (κ3) is 3.21. The van der Waals surface area contributed by atoms with Gasteiger partial charge in [0.1, 0.15) is 17.4 Å². The van der Waals surface area contributed by atoms with Crippen LogP contribution in [0, 0.1) is 0 Å². The van der Waals surface area contributed by atoms with Crippen LogP contribution in [0.25, 0.3) is 10.9 Å². The number of rotatable bonds is 3. The number of aromatic amines is 1. The van der Waals surface area contributed by atoms with E-state index < -0.39 is 17.2 Å². The number of hydrogen-bond acceptors (Lipinski definition) is 4. The molecule has 112 valence electrons. The molecule has 0 bridgehead atoms. The number of aromatic nitrogens is 2. The van der Waals surface area contributed by atoms with E-state index >= 15 is 0 Å². The summed E-state index contributed by atoms with van der Waals surface area (Å²) in [5, 5.41) is 10.3. The molecule has 1 aromatic carbocycles. The Morgan fingerprint density at radius 3 is 2.67 bits per heavy atom. The number of para-hydroxylation sites is 1. The van der Waals surface area contributed by atoms with Crippen molar-refractivity contribution in [3.63, 3.8) is 0 Å². The predicted molar refractivity (Wildman–Crippen MR) is 78.9 cm³/mol. The second kappa shape index (κ2) is 5.20. The van der Waals surface area contributed by atoms with E-state index in [2.05, 4.69) is 15.5 Å². The Bertz CT molecular complexity index is 672. The van der Waals surface area contributed by atoms with Crippen LogP contribution in [-0.4, -0.2) is 28.2 Å². The van der Waals surface area contributed by atoms with Gasteiger partial charge in [0.2, 0.25) is 0 Å². The number of fused-ring (bicyclic) bond motifs is 1. The van der Waals surface area contributed by atoms with Crippen molar-refractivity contribution in [1.82, 2.24) is 15.5 Å². The van der Waals surface area contributed by atoms with Crippen LogP contribution < -0.4 is 5.32 Å². The number of alkyl carbamates (subject to hydrolysis) is 1. The lowest BCUT2D eigenvalue weighted by molar-refractivity contribution is -0.113. The molecule has 2 aromatic rings. The average molecular weight is 289 g/mol. The highest BCUT2D eigenvalue weighted by Crippen LogP contribution is 2.26. The normalized spacial score (nSPS) is 14.5. The molecule has 6 heteroatoms. The van der Waals surface area contributed by atoms with Gasteiger partial charge in [-0.3, -0.25) is 5.10 Å². The van der Waals surface area contributed by atoms with E-state index in [1.807, 2.05) is 12.1 Å². The summed E-state index contributed by atoms with van der Waals surface area (Å²) in [6.07, 6.45) is 1.71. The Morgan fingerprint density at radius 2 is 2.05 bits per heavy atom. The number of nitrogens with one attached hydrogen (secondary N) is 2. The largest absolute Gasteiger partial charge is 0.444 e. The lowest BCUT2D eigenvalue weighted by Crippen LogP contribution is -2.47. The Hall–Kier alpha value is -2.37. The maximum Gasteiger partial charge on any atom is 0.408 e. The monoisotopic (exact) mass is 289 g/mol. The zero-order valence-corrected chi connectivity index (χ0v) is 12.6. The summed E-state index contributed by atoms with van der Waals surface area (Å²) in [4.78, 5) is 23.6. The van der Waals surface area contributed by atoms with E-state index in [4.69, 9.17) is 4.74 Å². The second-order valence-corrected chi connectivity index (χ2v) is 6.09. The van der Waals surface area contributed by atoms with Crippen molar-refractivity contribution in [2.24, 2.45) is 0 Å². The van der Waals surface area contributed by atoms with Gasteiger partial charge < -0.3 is 14.8 Å². The van der Waals surface area contributed by atoms with Crippen molar-refractivity contribution in [3.05, 3.63) is 30.0 Å². The standard InChI is InChI=1S/C15H19N3O3/c1-14(2,3)21-13(20)17-15(4,9-19)11-7-5-6-10-8-16-18-12(10)11/h5-9H,1-4H3,(H,16,18)(H,17,20). The minimum absolute atomic E-state index is 0.631. The molecule has 0 aliphatic rings. The second-order valence-electron chi connectivity index (χ2n) is 6.09. The number of aldehydes is 1. The molecule has 21 heavy (non-hydrogen) atoms. The van der Waals surface area contributed by atoms with Crippen molar-refractivity contribution in [2.45, 2.75) is 38.8 Å². The topological polar surface area (TPSA) is 84.1 Å². The number of benzene rings is 1. The fraction of sp³-hybridized carbons (Fsp3) is 0.400. The summed E-state index contributed by atoms with van der Waals surface area (Å²) in [6, 6.07) is 5.46. The summed E-state index contributed by atoms with van der Waals surface area (Å²) < 4.78 is 5.22. The smallest absolute Gasteiger partial charge is 0.408 e. The quantitative estimate of drug-likeness (QED) is 0.850. The zero-order valence-electron chi connectivity index (χ0n) is 12.6. The first-order chi connectivity index (χ1) is 9.75. The molecule has 6 nitrogen and oxygen atoms in total. The number of carbonyl (C=O) groups is 2. The third-order valence-electron chi connectivity index (χ3n) is 3.03. The molecule has 1 aromatic heterocycles. The summed E-state index contributed by atoms with van der Waals surface area (Å²) in [5.41, 5.74) is -0.482. The molecule has 0 saturated heterocycles. The lowest BCUT2D eigenvalue weighted by Gasteiger charge is -2.28. The van der Waals surface area contributed by atoms with Crippen molar-refractivity contribution < 1.29 is 14.3 Å². The Balaban J connectivity index is 2.35. The van der Waals surface area contributed by atoms with E-state index in [0.717, 1.165) is 5.39 Å². The number of H-pyrrole nitrogens is 1. The first-order valence-corrected chi connectivity index (χ1v) is 6.65. The molecular formula is C15H19N3O3. The van der Waals surface area contributed by atoms with Gasteiger partial charge in [-0.15, -0.1) is 0 Å². The van der Waals surface area contributed by atoms with Gasteiger partial charge in [-0.05, 0) is 27.7 Å². The van der Waals surface area contributed by atoms with Gasteiger partial charge in [-0.1, -0.05) is 18.2 Å². The number of nitrogens with zero attached hydrogens (tertiary/aromatic N) is 1. The summed E-state index contributed by atoms with van der Waals surface area (Å²) in [5.74, 6) is 0. The highest BCUT2D eigenvalue weighted by molar-refractivity contribution is 5.88. The predicted octanol–water partition coefficient (Wildman–Crippen LogP) is 2.50. The molecule has 0 radical (unpaired) electrons. The molecule has 1 atom stereocenters. The number of hydrogen-bond donors (Lipinski definition) is 2. The lowest BCUT2D eigenvalue weighted by atomic mass is 9.92. The molecule has 2 N–H and O–H groups in total. The van der Waals surface area contributed by atoms with Crippen LogP contribution in [0.15, 0.2) is 24.4 Å². The third-order valence-corrected chi connectivity index (χ3v) is 3.03. The molecule has 0 saturated carbocycles. The Kier molecular flexibility index (Phi) is 3.72. The fourth-order valence-corrected chi connectivity index (χ4v) is 2.08. The van der Waals surface area contributed by atoms with Crippen LogP contribution in [0.2, 0.25) is 0 Å². The van der Waals surface area contributed by atoms with Crippen molar-refractivity contribution in [3.8, 4) is 0 Å². The van der Waals surface area contributed by atoms with Crippen LogP contribution in [0.5, 0.6) is 0 Å². The summed E-state index contributed by atoms with van der Waals surface area (Å²) in [7, 11) is 0. The number of amides is 1. The minimum atomic E-state index is -1.20. The Labute approximate surface area is 122 Å². The van der Waals surface area contributed by atoms with Crippen molar-refractivity contribution in [1.29, 1.82) is 0 Å². The maximum absolute atomic E-state index is 12.0. The first kappa shape index (κ1) is 15.0. The summed E-state index contributed by atoms with van der Waals surface area (Å²) >= 11 is 0. The van der Waals surface area contributed by atoms with Crippen LogP contribution in [0.4, 0.5) is 4.79 Å². The highest BCUT2D eigenvalue weighted by Gasteiger charge is 2.32. The fourth-order valence-electron chi connectivity index (χ4n) is 2.08. The van der Waals surface area contributed by atoms with Gasteiger partial charge >= 0.3 is 6.09 Å². The minimum Gasteiger partial charge on any atom is -0.444 e. The number of ether oxygens (including phenoxy) is 1. The van der Waals surface area contributed by atoms with Gasteiger partial charge in [0.25, 0.3) is 0 Å². The molecule has 1 heterocycles. The molecule has 2 rings (SSSR count). The molecule has 0 spiro atoms. The van der Waals surface area contributed by atoms with Crippen LogP contribution in [-0.2, 0) is 15.1 Å². The molecule has 1 amide bonds. The van der Waals surface area contributed by atoms with E-state index in [1.165, 1.54) is 0 Å². The first-order valence-electron chi connectivity index (χ1n) is 6.65. The SMILES string of the molecule is CC(C)(C)OC(=O)NC(C)(C=O)c1cccc2cn[nH]c12. The van der Waals surface area contributed by atoms with Gasteiger partial charge in [-0.2, -0.15) is 5.10 Å². The van der Waals surface area contributed by atoms with Crippen molar-refractivity contribution in [2.75, 3.05) is 0 Å². The van der Waals surface area contributed by atoms with Gasteiger partial charge in [0.15, 0.2) is 0 Å². The molecule has 0 aliphatic heterocycles. The van der Waals surface area contributed by atoms with E-state index in [9.17, 15) is 9.59 Å². The van der Waals surface area contributed by atoms with Crippen molar-refractivity contribution >= 4 is 23.3 Å². The van der Waals surface area contributed by atoms with E-state index in [1.54, 1.807) is 40.0 Å². The van der Waals surface area contributed by atoms with E-state index in [-0.39, 0.29) is 0 Å². The maximum atomic E-state index is 12.0. The number of carbonyl (C=O) groups excluding carboxylic acids is 2. The average Bonchev–Trinajstić information content (AvgIpc) is 2.83. The van der Waals surface area contributed by atoms with Crippen LogP contribution in [0.1, 0.15) is 33.3 Å². The van der Waals surface area contributed by atoms with Gasteiger partial charge in [0, 0.05) is 10.9 Å². The van der Waals surface area contributed by atoms with Crippen LogP contribution in [0.3, 0.4) is 0 Å². The molecule has 1 unspecified atom stereocenters. The van der Waals surface area contributed by atoms with Gasteiger partial charge in [0.05, 0.1) is 11.7 Å².